The van der Waals surface area contributed by atoms with E-state index in [4.69, 9.17) is 10.4 Å². The number of rotatable bonds is 4. The number of nitrogens with two attached hydrogens (primary N) is 1. The van der Waals surface area contributed by atoms with Gasteiger partial charge in [0.2, 0.25) is 0 Å². The Balaban J connectivity index is 0. The number of carbonyl (C=O) groups excluding carboxylic acids is 1. The van der Waals surface area contributed by atoms with Crippen LogP contribution in [0.25, 0.3) is 0 Å². The summed E-state index contributed by atoms with van der Waals surface area (Å²) >= 11 is 0. The molecule has 0 fully saturated rings. The van der Waals surface area contributed by atoms with Crippen molar-refractivity contribution in [2.24, 2.45) is 11.1 Å². The fraction of sp³-hybridized carbons (Fsp3) is 0.417. The van der Waals surface area contributed by atoms with Crippen molar-refractivity contribution in [3.05, 3.63) is 68.8 Å². The van der Waals surface area contributed by atoms with E-state index in [2.05, 4.69) is 11.1 Å². The molecule has 0 radical (unpaired) electrons. The van der Waals surface area contributed by atoms with Gasteiger partial charge in [-0.2, -0.15) is 52.7 Å². The lowest BCUT2D eigenvalue weighted by Crippen LogP contribution is -2.50. The molecule has 0 amide bonds. The molecule has 252 valence electrons. The summed E-state index contributed by atoms with van der Waals surface area (Å²) in [6, 6.07) is 1.64. The van der Waals surface area contributed by atoms with Gasteiger partial charge in [-0.05, 0) is 49.9 Å². The molecule has 0 bridgehead atoms. The van der Waals surface area contributed by atoms with E-state index in [1.54, 1.807) is 0 Å². The van der Waals surface area contributed by atoms with Gasteiger partial charge in [-0.1, -0.05) is 29.4 Å². The highest BCUT2D eigenvalue weighted by molar-refractivity contribution is 5.85. The molecular weight excluding hydrogens is 666 g/mol. The topological polar surface area (TPSA) is 95.9 Å². The van der Waals surface area contributed by atoms with Gasteiger partial charge in [0.05, 0.1) is 6.21 Å². The number of oxime groups is 1. The van der Waals surface area contributed by atoms with Crippen LogP contribution in [0.2, 0.25) is 0 Å². The quantitative estimate of drug-likeness (QED) is 0.0987. The van der Waals surface area contributed by atoms with E-state index in [0.717, 1.165) is 20.1 Å². The maximum absolute atomic E-state index is 13.9. The summed E-state index contributed by atoms with van der Waals surface area (Å²) in [7, 11) is 0. The van der Waals surface area contributed by atoms with Gasteiger partial charge < -0.3 is 10.4 Å². The molecule has 0 unspecified atom stereocenters. The molecule has 0 saturated heterocycles. The van der Waals surface area contributed by atoms with Crippen LogP contribution in [-0.2, 0) is 11.3 Å². The van der Waals surface area contributed by atoms with E-state index < -0.39 is 47.2 Å². The SMILES string of the molecule is Cc1cc(C(F)(C(F)(F)F)C(F)(F)F)cc(C)c1/C=N/O.Cc1cc(C(F)(C(F)(F)F)C(F)(F)F)cc(C)c1C=O.Cl.NO. The smallest absolute Gasteiger partial charge is 0.411 e. The van der Waals surface area contributed by atoms with Crippen molar-refractivity contribution in [3.63, 3.8) is 0 Å². The molecule has 44 heavy (non-hydrogen) atoms. The number of hydrogen-bond donors (Lipinski definition) is 3. The summed E-state index contributed by atoms with van der Waals surface area (Å²) in [5.41, 5.74) is -14.5. The van der Waals surface area contributed by atoms with Gasteiger partial charge in [-0.15, -0.1) is 12.4 Å². The molecule has 2 rings (SSSR count). The molecule has 2 aromatic rings. The Bertz CT molecular complexity index is 1230. The molecule has 0 spiro atoms. The van der Waals surface area contributed by atoms with Crippen molar-refractivity contribution in [1.29, 1.82) is 0 Å². The predicted molar refractivity (Wildman–Crippen MR) is 130 cm³/mol. The van der Waals surface area contributed by atoms with Crippen LogP contribution in [0.15, 0.2) is 29.4 Å². The van der Waals surface area contributed by atoms with Crippen molar-refractivity contribution in [3.8, 4) is 0 Å². The molecule has 0 aliphatic heterocycles. The van der Waals surface area contributed by atoms with Gasteiger partial charge in [-0.25, -0.2) is 14.7 Å². The third kappa shape index (κ3) is 8.29. The third-order valence-electron chi connectivity index (χ3n) is 5.85. The van der Waals surface area contributed by atoms with E-state index in [1.807, 2.05) is 0 Å². The summed E-state index contributed by atoms with van der Waals surface area (Å²) in [6.45, 7) is 4.63. The van der Waals surface area contributed by atoms with E-state index in [1.165, 1.54) is 13.8 Å². The van der Waals surface area contributed by atoms with E-state index in [-0.39, 0.29) is 52.1 Å². The fourth-order valence-corrected chi connectivity index (χ4v) is 3.77. The van der Waals surface area contributed by atoms with Crippen LogP contribution in [-0.4, -0.2) is 47.6 Å². The number of aryl methyl sites for hydroxylation is 4. The van der Waals surface area contributed by atoms with Crippen molar-refractivity contribution < 1.29 is 76.7 Å². The number of benzene rings is 2. The standard InChI is InChI=1S/C12H10F7NO.C12H9F7O.ClH.H3NO/c1-6-3-8(4-7(2)9(6)5-20-21)10(13,11(14,15)16)12(17,18)19;1-6-3-8(4-7(2)9(6)5-20)10(13,11(14,15)16)12(17,18)19;;1-2/h3-5,21H,1-2H3;3-5H,1-2H3;1H;2H,1H2/b20-5+;;;. The van der Waals surface area contributed by atoms with Gasteiger partial charge in [0.25, 0.3) is 0 Å². The normalized spacial score (nSPS) is 12.9. The summed E-state index contributed by atoms with van der Waals surface area (Å²) in [4.78, 5) is 10.7. The Hall–Kier alpha value is -3.19. The fourth-order valence-electron chi connectivity index (χ4n) is 3.77. The predicted octanol–water partition coefficient (Wildman–Crippen LogP) is 8.56. The Kier molecular flexibility index (Phi) is 14.4. The minimum absolute atomic E-state index is 0. The largest absolute Gasteiger partial charge is 0.435 e. The molecule has 5 nitrogen and oxygen atoms in total. The highest BCUT2D eigenvalue weighted by Crippen LogP contribution is 2.54. The Morgan fingerprint density at radius 1 is 0.568 bits per heavy atom. The molecule has 0 aromatic heterocycles. The van der Waals surface area contributed by atoms with Gasteiger partial charge in [0.1, 0.15) is 0 Å². The zero-order chi connectivity index (χ0) is 34.6. The van der Waals surface area contributed by atoms with Crippen molar-refractivity contribution in [1.82, 2.24) is 0 Å². The summed E-state index contributed by atoms with van der Waals surface area (Å²) < 4.78 is 179. The zero-order valence-corrected chi connectivity index (χ0v) is 23.3. The second kappa shape index (κ2) is 14.7. The van der Waals surface area contributed by atoms with Crippen LogP contribution in [0.4, 0.5) is 61.5 Å². The molecule has 0 saturated carbocycles. The molecular formula is C24H23ClF14N2O3. The second-order valence-electron chi connectivity index (χ2n) is 8.72. The maximum Gasteiger partial charge on any atom is 0.435 e. The van der Waals surface area contributed by atoms with Crippen molar-refractivity contribution >= 4 is 24.9 Å². The van der Waals surface area contributed by atoms with Crippen LogP contribution in [0.1, 0.15) is 49.3 Å². The lowest BCUT2D eigenvalue weighted by atomic mass is 9.89. The highest BCUT2D eigenvalue weighted by atomic mass is 35.5. The first kappa shape index (κ1) is 42.9. The van der Waals surface area contributed by atoms with Crippen LogP contribution in [0.3, 0.4) is 0 Å². The van der Waals surface area contributed by atoms with Crippen LogP contribution >= 0.6 is 12.4 Å². The van der Waals surface area contributed by atoms with E-state index in [9.17, 15) is 66.3 Å². The minimum Gasteiger partial charge on any atom is -0.411 e. The van der Waals surface area contributed by atoms with Gasteiger partial charge in [0, 0.05) is 22.3 Å². The van der Waals surface area contributed by atoms with E-state index >= 15 is 0 Å². The summed E-state index contributed by atoms with van der Waals surface area (Å²) in [5, 5.41) is 17.5. The number of alkyl halides is 14. The minimum atomic E-state index is -6.16. The molecule has 0 heterocycles. The first-order chi connectivity index (χ1) is 19.2. The highest BCUT2D eigenvalue weighted by Gasteiger charge is 2.74. The van der Waals surface area contributed by atoms with Crippen LogP contribution in [0.5, 0.6) is 0 Å². The average molecular weight is 689 g/mol. The van der Waals surface area contributed by atoms with Crippen molar-refractivity contribution in [2.75, 3.05) is 0 Å². The zero-order valence-electron chi connectivity index (χ0n) is 22.5. The lowest BCUT2D eigenvalue weighted by Gasteiger charge is -2.31. The first-order valence-corrected chi connectivity index (χ1v) is 11.0. The lowest BCUT2D eigenvalue weighted by molar-refractivity contribution is -0.349. The Labute approximate surface area is 245 Å². The Morgan fingerprint density at radius 2 is 0.795 bits per heavy atom. The van der Waals surface area contributed by atoms with Crippen LogP contribution in [0, 0.1) is 27.7 Å². The molecule has 0 atom stereocenters. The molecule has 0 aliphatic rings. The van der Waals surface area contributed by atoms with Crippen molar-refractivity contribution in [2.45, 2.75) is 63.7 Å². The number of carbonyl (C=O) groups is 1. The molecule has 4 N–H and O–H groups in total. The molecule has 0 aliphatic carbocycles. The number of hydrogen-bond acceptors (Lipinski definition) is 5. The number of nitrogens with zero attached hydrogens (tertiary/aromatic N) is 1. The summed E-state index contributed by atoms with van der Waals surface area (Å²) in [6.07, 6.45) is -23.5. The monoisotopic (exact) mass is 688 g/mol. The number of halogens is 15. The number of aldehydes is 1. The van der Waals surface area contributed by atoms with Gasteiger partial charge in [0.15, 0.2) is 6.29 Å². The summed E-state index contributed by atoms with van der Waals surface area (Å²) in [5.74, 6) is 3.50. The second-order valence-corrected chi connectivity index (χ2v) is 8.72. The van der Waals surface area contributed by atoms with Gasteiger partial charge >= 0.3 is 36.0 Å². The van der Waals surface area contributed by atoms with Gasteiger partial charge in [-0.3, -0.25) is 4.79 Å². The first-order valence-electron chi connectivity index (χ1n) is 11.0. The molecule has 2 aromatic carbocycles. The maximum atomic E-state index is 13.9. The Morgan fingerprint density at radius 3 is 0.977 bits per heavy atom. The van der Waals surface area contributed by atoms with Crippen LogP contribution < -0.4 is 5.90 Å². The third-order valence-corrected chi connectivity index (χ3v) is 5.85. The molecule has 20 heteroatoms. The average Bonchev–Trinajstić information content (AvgIpc) is 2.83. The van der Waals surface area contributed by atoms with E-state index in [0.29, 0.717) is 24.3 Å².